The molecule has 0 aromatic heterocycles. The summed E-state index contributed by atoms with van der Waals surface area (Å²) in [4.78, 5) is 37.9. The second-order valence-electron chi connectivity index (χ2n) is 8.96. The maximum atomic E-state index is 12.9. The number of ether oxygens (including phenoxy) is 3. The van der Waals surface area contributed by atoms with Crippen LogP contribution in [0.15, 0.2) is 30.3 Å². The van der Waals surface area contributed by atoms with Crippen molar-refractivity contribution in [1.82, 2.24) is 5.32 Å². The van der Waals surface area contributed by atoms with Crippen molar-refractivity contribution in [1.29, 1.82) is 5.26 Å². The molecule has 180 valence electrons. The van der Waals surface area contributed by atoms with Gasteiger partial charge in [0.1, 0.15) is 18.8 Å². The summed E-state index contributed by atoms with van der Waals surface area (Å²) in [5.41, 5.74) is -1.51. The zero-order valence-corrected chi connectivity index (χ0v) is 19.8. The molecule has 2 rings (SSSR count). The van der Waals surface area contributed by atoms with Crippen LogP contribution in [-0.2, 0) is 30.4 Å². The Kier molecular flexibility index (Phi) is 9.71. The third-order valence-electron chi connectivity index (χ3n) is 6.00. The van der Waals surface area contributed by atoms with Crippen molar-refractivity contribution in [2.75, 3.05) is 6.61 Å². The molecule has 0 radical (unpaired) electrons. The lowest BCUT2D eigenvalue weighted by Gasteiger charge is -2.37. The van der Waals surface area contributed by atoms with E-state index in [4.69, 9.17) is 14.2 Å². The highest BCUT2D eigenvalue weighted by Crippen LogP contribution is 2.35. The summed E-state index contributed by atoms with van der Waals surface area (Å²) in [6, 6.07) is 10.7. The summed E-state index contributed by atoms with van der Waals surface area (Å²) in [5.74, 6) is -0.828. The van der Waals surface area contributed by atoms with Crippen molar-refractivity contribution in [2.24, 2.45) is 17.8 Å². The van der Waals surface area contributed by atoms with E-state index in [2.05, 4.69) is 26.1 Å². The SMILES string of the molecule is CCOC(=O)C(C#N)(CC(=O)OC1CC(C)CCC1C(C)C)NC(=O)OCc1ccccc1. The van der Waals surface area contributed by atoms with E-state index in [9.17, 15) is 19.6 Å². The van der Waals surface area contributed by atoms with Crippen molar-refractivity contribution < 1.29 is 28.6 Å². The van der Waals surface area contributed by atoms with Gasteiger partial charge >= 0.3 is 18.0 Å². The Morgan fingerprint density at radius 3 is 2.48 bits per heavy atom. The molecular formula is C25H34N2O6. The molecule has 1 aromatic rings. The van der Waals surface area contributed by atoms with E-state index in [1.54, 1.807) is 37.3 Å². The van der Waals surface area contributed by atoms with E-state index in [1.807, 2.05) is 6.07 Å². The van der Waals surface area contributed by atoms with Gasteiger partial charge in [-0.2, -0.15) is 5.26 Å². The van der Waals surface area contributed by atoms with Gasteiger partial charge in [-0.1, -0.05) is 57.5 Å². The minimum Gasteiger partial charge on any atom is -0.463 e. The number of amides is 1. The zero-order valence-electron chi connectivity index (χ0n) is 19.8. The third-order valence-corrected chi connectivity index (χ3v) is 6.00. The van der Waals surface area contributed by atoms with E-state index in [1.165, 1.54) is 0 Å². The zero-order chi connectivity index (χ0) is 24.4. The van der Waals surface area contributed by atoms with E-state index in [0.717, 1.165) is 24.8 Å². The molecule has 8 heteroatoms. The van der Waals surface area contributed by atoms with Crippen molar-refractivity contribution in [3.63, 3.8) is 0 Å². The normalized spacial score (nSPS) is 21.9. The number of hydrogen-bond donors (Lipinski definition) is 1. The molecule has 1 N–H and O–H groups in total. The van der Waals surface area contributed by atoms with E-state index in [-0.39, 0.29) is 25.2 Å². The molecule has 8 nitrogen and oxygen atoms in total. The molecule has 1 aliphatic rings. The number of alkyl carbamates (subject to hydrolysis) is 1. The largest absolute Gasteiger partial charge is 0.463 e. The van der Waals surface area contributed by atoms with Crippen LogP contribution in [0.5, 0.6) is 0 Å². The lowest BCUT2D eigenvalue weighted by Crippen LogP contribution is -2.56. The third kappa shape index (κ3) is 7.48. The highest BCUT2D eigenvalue weighted by molar-refractivity contribution is 5.93. The molecule has 1 saturated carbocycles. The Morgan fingerprint density at radius 2 is 1.88 bits per heavy atom. The topological polar surface area (TPSA) is 115 Å². The van der Waals surface area contributed by atoms with Gasteiger partial charge in [0.05, 0.1) is 13.0 Å². The number of benzene rings is 1. The predicted octanol–water partition coefficient (Wildman–Crippen LogP) is 4.13. The first-order chi connectivity index (χ1) is 15.7. The van der Waals surface area contributed by atoms with E-state index in [0.29, 0.717) is 11.8 Å². The van der Waals surface area contributed by atoms with Gasteiger partial charge in [0.25, 0.3) is 0 Å². The number of carbonyl (C=O) groups excluding carboxylic acids is 3. The van der Waals surface area contributed by atoms with Crippen LogP contribution in [0.2, 0.25) is 0 Å². The van der Waals surface area contributed by atoms with Crippen LogP contribution >= 0.6 is 0 Å². The van der Waals surface area contributed by atoms with E-state index >= 15 is 0 Å². The number of esters is 2. The van der Waals surface area contributed by atoms with E-state index < -0.39 is 30.0 Å². The summed E-state index contributed by atoms with van der Waals surface area (Å²) < 4.78 is 15.9. The average Bonchev–Trinajstić information content (AvgIpc) is 2.77. The highest BCUT2D eigenvalue weighted by Gasteiger charge is 2.46. The molecule has 1 aliphatic carbocycles. The first-order valence-electron chi connectivity index (χ1n) is 11.5. The van der Waals surface area contributed by atoms with Gasteiger partial charge in [0, 0.05) is 0 Å². The van der Waals surface area contributed by atoms with Gasteiger partial charge in [-0.05, 0) is 43.1 Å². The van der Waals surface area contributed by atoms with Crippen molar-refractivity contribution in [3.05, 3.63) is 35.9 Å². The summed E-state index contributed by atoms with van der Waals surface area (Å²) >= 11 is 0. The van der Waals surface area contributed by atoms with Gasteiger partial charge in [0.2, 0.25) is 5.54 Å². The monoisotopic (exact) mass is 458 g/mol. The number of rotatable bonds is 9. The Bertz CT molecular complexity index is 850. The van der Waals surface area contributed by atoms with Gasteiger partial charge in [-0.15, -0.1) is 0 Å². The van der Waals surface area contributed by atoms with Crippen molar-refractivity contribution >= 4 is 18.0 Å². The maximum Gasteiger partial charge on any atom is 0.409 e. The Morgan fingerprint density at radius 1 is 1.18 bits per heavy atom. The Labute approximate surface area is 195 Å². The van der Waals surface area contributed by atoms with Crippen LogP contribution in [0.3, 0.4) is 0 Å². The van der Waals surface area contributed by atoms with Gasteiger partial charge in [-0.3, -0.25) is 10.1 Å². The smallest absolute Gasteiger partial charge is 0.409 e. The van der Waals surface area contributed by atoms with Crippen LogP contribution < -0.4 is 5.32 Å². The molecule has 4 unspecified atom stereocenters. The summed E-state index contributed by atoms with van der Waals surface area (Å²) in [6.07, 6.45) is 0.759. The molecule has 1 fully saturated rings. The molecule has 1 aromatic carbocycles. The second-order valence-corrected chi connectivity index (χ2v) is 8.96. The lowest BCUT2D eigenvalue weighted by molar-refractivity contribution is -0.162. The molecule has 0 aliphatic heterocycles. The fourth-order valence-electron chi connectivity index (χ4n) is 4.15. The number of nitrogens with zero attached hydrogens (tertiary/aromatic N) is 1. The molecule has 1 amide bonds. The fourth-order valence-corrected chi connectivity index (χ4v) is 4.15. The Balaban J connectivity index is 2.11. The number of nitriles is 1. The Hall–Kier alpha value is -3.08. The number of hydrogen-bond acceptors (Lipinski definition) is 7. The highest BCUT2D eigenvalue weighted by atomic mass is 16.6. The molecule has 0 spiro atoms. The van der Waals surface area contributed by atoms with Crippen LogP contribution in [0.1, 0.15) is 58.9 Å². The van der Waals surface area contributed by atoms with Gasteiger partial charge < -0.3 is 14.2 Å². The van der Waals surface area contributed by atoms with Crippen LogP contribution in [-0.4, -0.2) is 36.3 Å². The fraction of sp³-hybridized carbons (Fsp3) is 0.600. The molecule has 0 bridgehead atoms. The predicted molar refractivity (Wildman–Crippen MR) is 121 cm³/mol. The first kappa shape index (κ1) is 26.2. The molecule has 0 saturated heterocycles. The second kappa shape index (κ2) is 12.2. The number of nitrogens with one attached hydrogen (secondary N) is 1. The van der Waals surface area contributed by atoms with Crippen molar-refractivity contribution in [2.45, 2.75) is 71.6 Å². The maximum absolute atomic E-state index is 12.9. The quantitative estimate of drug-likeness (QED) is 0.437. The molecule has 4 atom stereocenters. The summed E-state index contributed by atoms with van der Waals surface area (Å²) in [7, 11) is 0. The minimum absolute atomic E-state index is 0.0202. The average molecular weight is 459 g/mol. The summed E-state index contributed by atoms with van der Waals surface area (Å²) in [5, 5.41) is 12.1. The molecule has 0 heterocycles. The molecular weight excluding hydrogens is 424 g/mol. The van der Waals surface area contributed by atoms with Gasteiger partial charge in [-0.25, -0.2) is 9.59 Å². The lowest BCUT2D eigenvalue weighted by atomic mass is 9.75. The van der Waals surface area contributed by atoms with Gasteiger partial charge in [0.15, 0.2) is 0 Å². The first-order valence-corrected chi connectivity index (χ1v) is 11.5. The van der Waals surface area contributed by atoms with Crippen LogP contribution in [0.25, 0.3) is 0 Å². The standard InChI is InChI=1S/C25H34N2O6/c1-5-31-23(29)25(16-26,27-24(30)32-15-19-9-7-6-8-10-19)14-22(28)33-21-13-18(4)11-12-20(21)17(2)3/h6-10,17-18,20-21H,5,11-15H2,1-4H3,(H,27,30). The molecule has 33 heavy (non-hydrogen) atoms. The van der Waals surface area contributed by atoms with Crippen molar-refractivity contribution in [3.8, 4) is 6.07 Å². The minimum atomic E-state index is -2.24. The summed E-state index contributed by atoms with van der Waals surface area (Å²) in [6.45, 7) is 7.78. The number of carbonyl (C=O) groups is 3. The van der Waals surface area contributed by atoms with Crippen LogP contribution in [0.4, 0.5) is 4.79 Å². The van der Waals surface area contributed by atoms with Crippen LogP contribution in [0, 0.1) is 29.1 Å².